The molecule has 0 unspecified atom stereocenters. The Labute approximate surface area is 119 Å². The summed E-state index contributed by atoms with van der Waals surface area (Å²) in [4.78, 5) is 15.6. The van der Waals surface area contributed by atoms with Gasteiger partial charge in [-0.2, -0.15) is 0 Å². The monoisotopic (exact) mass is 297 g/mol. The standard InChI is InChI=1S/C13H12ClNO3S/c14-9-2-1-3-10(6-9)18-8-12-15-7-11(19-12)4-5-13(16)17/h1-3,6-7H,4-5,8H2,(H,16,17). The van der Waals surface area contributed by atoms with Crippen LogP contribution in [0.3, 0.4) is 0 Å². The Kier molecular flexibility index (Phi) is 4.76. The van der Waals surface area contributed by atoms with Crippen LogP contribution in [0, 0.1) is 0 Å². The number of carboxylic acid groups (broad SMARTS) is 1. The fourth-order valence-electron chi connectivity index (χ4n) is 1.46. The third kappa shape index (κ3) is 4.54. The average Bonchev–Trinajstić information content (AvgIpc) is 2.82. The van der Waals surface area contributed by atoms with Crippen molar-refractivity contribution in [2.45, 2.75) is 19.4 Å². The Morgan fingerprint density at radius 1 is 1.47 bits per heavy atom. The van der Waals surface area contributed by atoms with Crippen LogP contribution < -0.4 is 4.74 Å². The second-order valence-corrected chi connectivity index (χ2v) is 5.50. The summed E-state index contributed by atoms with van der Waals surface area (Å²) < 4.78 is 5.56. The van der Waals surface area contributed by atoms with Crippen molar-refractivity contribution in [3.05, 3.63) is 45.4 Å². The highest BCUT2D eigenvalue weighted by atomic mass is 35.5. The zero-order valence-electron chi connectivity index (χ0n) is 10.0. The van der Waals surface area contributed by atoms with Crippen LogP contribution in [0.25, 0.3) is 0 Å². The first-order valence-corrected chi connectivity index (χ1v) is 6.86. The molecule has 2 rings (SSSR count). The van der Waals surface area contributed by atoms with E-state index in [4.69, 9.17) is 21.4 Å². The van der Waals surface area contributed by atoms with E-state index in [9.17, 15) is 4.79 Å². The van der Waals surface area contributed by atoms with Crippen molar-refractivity contribution in [3.8, 4) is 5.75 Å². The van der Waals surface area contributed by atoms with Crippen molar-refractivity contribution in [3.63, 3.8) is 0 Å². The number of benzene rings is 1. The molecule has 0 saturated heterocycles. The molecule has 0 atom stereocenters. The number of carboxylic acids is 1. The van der Waals surface area contributed by atoms with Gasteiger partial charge >= 0.3 is 5.97 Å². The molecular formula is C13H12ClNO3S. The number of aromatic nitrogens is 1. The van der Waals surface area contributed by atoms with E-state index in [0.29, 0.717) is 23.8 Å². The Morgan fingerprint density at radius 3 is 3.05 bits per heavy atom. The summed E-state index contributed by atoms with van der Waals surface area (Å²) in [6, 6.07) is 7.16. The van der Waals surface area contributed by atoms with E-state index in [1.54, 1.807) is 18.3 Å². The number of rotatable bonds is 6. The molecule has 0 fully saturated rings. The number of halogens is 1. The van der Waals surface area contributed by atoms with Gasteiger partial charge in [-0.3, -0.25) is 4.79 Å². The molecular weight excluding hydrogens is 286 g/mol. The molecule has 0 saturated carbocycles. The summed E-state index contributed by atoms with van der Waals surface area (Å²) >= 11 is 7.32. The smallest absolute Gasteiger partial charge is 0.303 e. The first kappa shape index (κ1) is 13.8. The summed E-state index contributed by atoms with van der Waals surface area (Å²) in [6.45, 7) is 0.359. The summed E-state index contributed by atoms with van der Waals surface area (Å²) in [5.74, 6) is -0.111. The first-order valence-electron chi connectivity index (χ1n) is 5.67. The van der Waals surface area contributed by atoms with Crippen molar-refractivity contribution in [2.75, 3.05) is 0 Å². The molecule has 19 heavy (non-hydrogen) atoms. The topological polar surface area (TPSA) is 59.4 Å². The number of hydrogen-bond donors (Lipinski definition) is 1. The molecule has 6 heteroatoms. The van der Waals surface area contributed by atoms with Crippen LogP contribution in [-0.4, -0.2) is 16.1 Å². The van der Waals surface area contributed by atoms with Gasteiger partial charge in [0.2, 0.25) is 0 Å². The molecule has 1 aromatic carbocycles. The number of aryl methyl sites for hydroxylation is 1. The van der Waals surface area contributed by atoms with Gasteiger partial charge < -0.3 is 9.84 Å². The zero-order valence-corrected chi connectivity index (χ0v) is 11.6. The molecule has 100 valence electrons. The fraction of sp³-hybridized carbons (Fsp3) is 0.231. The number of carbonyl (C=O) groups is 1. The minimum Gasteiger partial charge on any atom is -0.486 e. The minimum atomic E-state index is -0.801. The van der Waals surface area contributed by atoms with E-state index in [1.807, 2.05) is 12.1 Å². The Morgan fingerprint density at radius 2 is 2.32 bits per heavy atom. The van der Waals surface area contributed by atoms with Crippen molar-refractivity contribution >= 4 is 28.9 Å². The van der Waals surface area contributed by atoms with Crippen molar-refractivity contribution in [2.24, 2.45) is 0 Å². The van der Waals surface area contributed by atoms with Crippen LogP contribution in [0.1, 0.15) is 16.3 Å². The third-order valence-electron chi connectivity index (χ3n) is 2.35. The Bertz CT molecular complexity index is 571. The lowest BCUT2D eigenvalue weighted by atomic mass is 10.3. The number of hydrogen-bond acceptors (Lipinski definition) is 4. The molecule has 4 nitrogen and oxygen atoms in total. The molecule has 0 aliphatic heterocycles. The molecule has 2 aromatic rings. The molecule has 1 heterocycles. The highest BCUT2D eigenvalue weighted by molar-refractivity contribution is 7.11. The molecule has 0 spiro atoms. The first-order chi connectivity index (χ1) is 9.13. The molecule has 0 aliphatic carbocycles. The molecule has 1 aromatic heterocycles. The van der Waals surface area contributed by atoms with E-state index in [-0.39, 0.29) is 6.42 Å². The van der Waals surface area contributed by atoms with Gasteiger partial charge in [0.05, 0.1) is 6.42 Å². The predicted octanol–water partition coefficient (Wildman–Crippen LogP) is 3.39. The maximum absolute atomic E-state index is 10.5. The zero-order chi connectivity index (χ0) is 13.7. The highest BCUT2D eigenvalue weighted by Gasteiger charge is 2.05. The fourth-order valence-corrected chi connectivity index (χ4v) is 2.48. The maximum atomic E-state index is 10.5. The lowest BCUT2D eigenvalue weighted by Gasteiger charge is -2.03. The normalized spacial score (nSPS) is 10.4. The van der Waals surface area contributed by atoms with E-state index in [1.165, 1.54) is 11.3 Å². The van der Waals surface area contributed by atoms with Gasteiger partial charge in [0.25, 0.3) is 0 Å². The van der Waals surface area contributed by atoms with E-state index >= 15 is 0 Å². The van der Waals surface area contributed by atoms with Crippen LogP contribution in [0.4, 0.5) is 0 Å². The predicted molar refractivity (Wildman–Crippen MR) is 73.9 cm³/mol. The van der Waals surface area contributed by atoms with Gasteiger partial charge in [0.1, 0.15) is 17.4 Å². The van der Waals surface area contributed by atoms with E-state index < -0.39 is 5.97 Å². The molecule has 0 radical (unpaired) electrons. The number of aliphatic carboxylic acids is 1. The number of ether oxygens (including phenoxy) is 1. The molecule has 1 N–H and O–H groups in total. The van der Waals surface area contributed by atoms with Crippen LogP contribution in [0.5, 0.6) is 5.75 Å². The van der Waals surface area contributed by atoms with Crippen molar-refractivity contribution < 1.29 is 14.6 Å². The van der Waals surface area contributed by atoms with Crippen LogP contribution in [0.2, 0.25) is 5.02 Å². The molecule has 0 bridgehead atoms. The van der Waals surface area contributed by atoms with Crippen LogP contribution in [-0.2, 0) is 17.8 Å². The van der Waals surface area contributed by atoms with Crippen molar-refractivity contribution in [1.82, 2.24) is 4.98 Å². The van der Waals surface area contributed by atoms with E-state index in [2.05, 4.69) is 4.98 Å². The Balaban J connectivity index is 1.88. The summed E-state index contributed by atoms with van der Waals surface area (Å²) in [5.41, 5.74) is 0. The van der Waals surface area contributed by atoms with Gasteiger partial charge in [-0.25, -0.2) is 4.98 Å². The van der Waals surface area contributed by atoms with Gasteiger partial charge in [0, 0.05) is 16.1 Å². The highest BCUT2D eigenvalue weighted by Crippen LogP contribution is 2.20. The summed E-state index contributed by atoms with van der Waals surface area (Å²) in [5, 5.41) is 10.1. The van der Waals surface area contributed by atoms with Gasteiger partial charge in [0.15, 0.2) is 0 Å². The van der Waals surface area contributed by atoms with E-state index in [0.717, 1.165) is 9.88 Å². The quantitative estimate of drug-likeness (QED) is 0.888. The third-order valence-corrected chi connectivity index (χ3v) is 3.61. The van der Waals surface area contributed by atoms with Crippen LogP contribution >= 0.6 is 22.9 Å². The maximum Gasteiger partial charge on any atom is 0.303 e. The second-order valence-electron chi connectivity index (χ2n) is 3.86. The summed E-state index contributed by atoms with van der Waals surface area (Å²) in [7, 11) is 0. The molecule has 0 amide bonds. The lowest BCUT2D eigenvalue weighted by Crippen LogP contribution is -1.95. The number of nitrogens with zero attached hydrogens (tertiary/aromatic N) is 1. The second kappa shape index (κ2) is 6.54. The number of thiazole rings is 1. The lowest BCUT2D eigenvalue weighted by molar-refractivity contribution is -0.136. The van der Waals surface area contributed by atoms with Gasteiger partial charge in [-0.05, 0) is 24.6 Å². The SMILES string of the molecule is O=C(O)CCc1cnc(COc2cccc(Cl)c2)s1. The summed E-state index contributed by atoms with van der Waals surface area (Å²) in [6.07, 6.45) is 2.32. The van der Waals surface area contributed by atoms with Crippen LogP contribution in [0.15, 0.2) is 30.5 Å². The minimum absolute atomic E-state index is 0.122. The largest absolute Gasteiger partial charge is 0.486 e. The average molecular weight is 298 g/mol. The van der Waals surface area contributed by atoms with Gasteiger partial charge in [-0.15, -0.1) is 11.3 Å². The Hall–Kier alpha value is -1.59. The van der Waals surface area contributed by atoms with Crippen molar-refractivity contribution in [1.29, 1.82) is 0 Å². The molecule has 0 aliphatic rings. The van der Waals surface area contributed by atoms with Gasteiger partial charge in [-0.1, -0.05) is 17.7 Å².